The molecule has 2 heterocycles. The van der Waals surface area contributed by atoms with Crippen molar-refractivity contribution in [1.29, 1.82) is 0 Å². The van der Waals surface area contributed by atoms with Gasteiger partial charge in [0.05, 0.1) is 25.7 Å². The van der Waals surface area contributed by atoms with Crippen molar-refractivity contribution in [2.75, 3.05) is 26.2 Å². The van der Waals surface area contributed by atoms with Gasteiger partial charge in [0.15, 0.2) is 0 Å². The molecule has 0 aliphatic carbocycles. The fraction of sp³-hybridized carbons (Fsp3) is 0.562. The second kappa shape index (κ2) is 7.29. The third-order valence-corrected chi connectivity index (χ3v) is 4.34. The number of halogens is 4. The number of hydrogen-bond donors (Lipinski definition) is 1. The van der Waals surface area contributed by atoms with Gasteiger partial charge in [-0.05, 0) is 24.1 Å². The summed E-state index contributed by atoms with van der Waals surface area (Å²) in [6.07, 6.45) is -0.835. The van der Waals surface area contributed by atoms with Crippen molar-refractivity contribution in [1.82, 2.24) is 10.2 Å². The molecule has 0 spiro atoms. The fourth-order valence-corrected chi connectivity index (χ4v) is 3.03. The molecule has 1 N–H and O–H groups in total. The molecule has 4 nitrogen and oxygen atoms in total. The zero-order valence-corrected chi connectivity index (χ0v) is 14.0. The highest BCUT2D eigenvalue weighted by Crippen LogP contribution is 2.28. The van der Waals surface area contributed by atoms with Crippen LogP contribution in [0.3, 0.4) is 0 Å². The molecule has 0 bridgehead atoms. The molecular weight excluding hydrogens is 345 g/mol. The van der Waals surface area contributed by atoms with Crippen LogP contribution >= 0.6 is 12.4 Å². The largest absolute Gasteiger partial charge is 0.370 e. The van der Waals surface area contributed by atoms with Gasteiger partial charge in [-0.3, -0.25) is 10.1 Å². The highest BCUT2D eigenvalue weighted by molar-refractivity contribution is 5.85. The zero-order chi connectivity index (χ0) is 16.6. The smallest absolute Gasteiger partial charge is 0.262 e. The summed E-state index contributed by atoms with van der Waals surface area (Å²) in [5, 5.41) is 2.58. The highest BCUT2D eigenvalue weighted by Gasteiger charge is 2.44. The van der Waals surface area contributed by atoms with E-state index >= 15 is 0 Å². The van der Waals surface area contributed by atoms with Crippen LogP contribution in [-0.4, -0.2) is 49.0 Å². The summed E-state index contributed by atoms with van der Waals surface area (Å²) in [5.74, 6) is -3.45. The molecule has 1 amide bonds. The van der Waals surface area contributed by atoms with Crippen LogP contribution in [0.25, 0.3) is 0 Å². The summed E-state index contributed by atoms with van der Waals surface area (Å²) in [6, 6.07) is 3.84. The van der Waals surface area contributed by atoms with Gasteiger partial charge in [-0.2, -0.15) is 0 Å². The predicted octanol–water partition coefficient (Wildman–Crippen LogP) is 2.45. The monoisotopic (exact) mass is 364 g/mol. The molecule has 8 heteroatoms. The molecule has 0 radical (unpaired) electrons. The van der Waals surface area contributed by atoms with Crippen molar-refractivity contribution in [3.05, 3.63) is 35.1 Å². The van der Waals surface area contributed by atoms with Crippen molar-refractivity contribution in [2.24, 2.45) is 0 Å². The minimum absolute atomic E-state index is 0. The number of carbonyl (C=O) groups is 1. The van der Waals surface area contributed by atoms with E-state index in [2.05, 4.69) is 5.32 Å². The highest BCUT2D eigenvalue weighted by atomic mass is 35.5. The summed E-state index contributed by atoms with van der Waals surface area (Å²) < 4.78 is 45.5. The number of rotatable bonds is 2. The van der Waals surface area contributed by atoms with E-state index in [-0.39, 0.29) is 36.8 Å². The van der Waals surface area contributed by atoms with Crippen LogP contribution in [0.2, 0.25) is 0 Å². The van der Waals surface area contributed by atoms with Crippen molar-refractivity contribution >= 4 is 18.3 Å². The number of benzene rings is 1. The van der Waals surface area contributed by atoms with E-state index in [0.717, 1.165) is 5.56 Å². The van der Waals surface area contributed by atoms with Crippen LogP contribution in [0.15, 0.2) is 18.2 Å². The van der Waals surface area contributed by atoms with E-state index in [0.29, 0.717) is 18.7 Å². The summed E-state index contributed by atoms with van der Waals surface area (Å²) in [7, 11) is 0. The maximum atomic E-state index is 13.4. The lowest BCUT2D eigenvalue weighted by molar-refractivity contribution is -0.141. The van der Waals surface area contributed by atoms with Crippen LogP contribution in [0.5, 0.6) is 0 Å². The van der Waals surface area contributed by atoms with Gasteiger partial charge < -0.3 is 9.64 Å². The Morgan fingerprint density at radius 3 is 2.79 bits per heavy atom. The summed E-state index contributed by atoms with van der Waals surface area (Å²) >= 11 is 0. The molecule has 3 rings (SSSR count). The van der Waals surface area contributed by atoms with Crippen LogP contribution < -0.4 is 5.32 Å². The number of nitrogens with one attached hydrogen (secondary N) is 1. The third-order valence-electron chi connectivity index (χ3n) is 4.34. The molecule has 2 saturated heterocycles. The molecule has 134 valence electrons. The van der Waals surface area contributed by atoms with Crippen LogP contribution in [0, 0.1) is 12.7 Å². The molecule has 2 aliphatic rings. The second-order valence-corrected chi connectivity index (χ2v) is 6.15. The molecule has 0 aromatic heterocycles. The topological polar surface area (TPSA) is 41.6 Å². The molecule has 1 aromatic rings. The lowest BCUT2D eigenvalue weighted by Gasteiger charge is -2.34. The lowest BCUT2D eigenvalue weighted by atomic mass is 10.0. The van der Waals surface area contributed by atoms with Crippen molar-refractivity contribution in [2.45, 2.75) is 31.4 Å². The number of ether oxygens (including phenoxy) is 1. The molecule has 2 fully saturated rings. The molecule has 2 aliphatic heterocycles. The zero-order valence-electron chi connectivity index (χ0n) is 13.2. The van der Waals surface area contributed by atoms with Crippen molar-refractivity contribution in [3.8, 4) is 0 Å². The average Bonchev–Trinajstić information content (AvgIpc) is 2.89. The maximum absolute atomic E-state index is 13.4. The van der Waals surface area contributed by atoms with E-state index in [9.17, 15) is 18.0 Å². The number of amides is 1. The van der Waals surface area contributed by atoms with Crippen LogP contribution in [0.4, 0.5) is 13.2 Å². The predicted molar refractivity (Wildman–Crippen MR) is 85.0 cm³/mol. The first kappa shape index (κ1) is 19.0. The average molecular weight is 365 g/mol. The summed E-state index contributed by atoms with van der Waals surface area (Å²) in [6.45, 7) is 2.19. The van der Waals surface area contributed by atoms with E-state index < -0.39 is 24.9 Å². The first-order valence-electron chi connectivity index (χ1n) is 7.63. The first-order valence-corrected chi connectivity index (χ1v) is 7.63. The van der Waals surface area contributed by atoms with Gasteiger partial charge in [-0.25, -0.2) is 13.2 Å². The van der Waals surface area contributed by atoms with Gasteiger partial charge in [-0.1, -0.05) is 12.1 Å². The summed E-state index contributed by atoms with van der Waals surface area (Å²) in [4.78, 5) is 13.9. The van der Waals surface area contributed by atoms with Crippen LogP contribution in [0.1, 0.15) is 23.7 Å². The standard InChI is InChI=1S/C16H19F3N2O2.ClH/c1-10-6-11(2-3-12(10)17)14-8-21(4-5-23-14)15(22)13-7-16(18,19)9-20-13;/h2-3,6,13-14,20H,4-5,7-9H2,1H3;1H. The number of nitrogens with zero attached hydrogens (tertiary/aromatic N) is 1. The normalized spacial score (nSPS) is 26.1. The van der Waals surface area contributed by atoms with E-state index in [1.165, 1.54) is 6.07 Å². The van der Waals surface area contributed by atoms with E-state index in [1.807, 2.05) is 0 Å². The van der Waals surface area contributed by atoms with Crippen molar-refractivity contribution in [3.63, 3.8) is 0 Å². The Bertz CT molecular complexity index is 615. The number of aryl methyl sites for hydroxylation is 1. The minimum atomic E-state index is -2.83. The maximum Gasteiger partial charge on any atom is 0.262 e. The van der Waals surface area contributed by atoms with Gasteiger partial charge in [0.2, 0.25) is 5.91 Å². The Morgan fingerprint density at radius 2 is 2.17 bits per heavy atom. The molecule has 2 unspecified atom stereocenters. The molecular formula is C16H20ClF3N2O2. The second-order valence-electron chi connectivity index (χ2n) is 6.15. The number of hydrogen-bond acceptors (Lipinski definition) is 3. The Hall–Kier alpha value is -1.31. The first-order chi connectivity index (χ1) is 10.9. The quantitative estimate of drug-likeness (QED) is 0.876. The minimum Gasteiger partial charge on any atom is -0.370 e. The Labute approximate surface area is 144 Å². The van der Waals surface area contributed by atoms with E-state index in [4.69, 9.17) is 4.74 Å². The number of alkyl halides is 2. The van der Waals surface area contributed by atoms with Gasteiger partial charge in [0, 0.05) is 13.0 Å². The van der Waals surface area contributed by atoms with Gasteiger partial charge >= 0.3 is 0 Å². The van der Waals surface area contributed by atoms with Crippen LogP contribution in [-0.2, 0) is 9.53 Å². The van der Waals surface area contributed by atoms with Crippen molar-refractivity contribution < 1.29 is 22.7 Å². The van der Waals surface area contributed by atoms with Gasteiger partial charge in [-0.15, -0.1) is 12.4 Å². The summed E-state index contributed by atoms with van der Waals surface area (Å²) in [5.41, 5.74) is 1.29. The lowest BCUT2D eigenvalue weighted by Crippen LogP contribution is -2.49. The third kappa shape index (κ3) is 4.02. The van der Waals surface area contributed by atoms with Gasteiger partial charge in [0.1, 0.15) is 11.9 Å². The molecule has 24 heavy (non-hydrogen) atoms. The Kier molecular flexibility index (Phi) is 5.78. The molecule has 1 aromatic carbocycles. The molecule has 2 atom stereocenters. The molecule has 0 saturated carbocycles. The SMILES string of the molecule is Cc1cc(C2CN(C(=O)C3CC(F)(F)CN3)CCO2)ccc1F.Cl. The van der Waals surface area contributed by atoms with E-state index in [1.54, 1.807) is 24.0 Å². The number of morpholine rings is 1. The Morgan fingerprint density at radius 1 is 1.42 bits per heavy atom. The number of carbonyl (C=O) groups excluding carboxylic acids is 1. The fourth-order valence-electron chi connectivity index (χ4n) is 3.03. The Balaban J connectivity index is 0.00000208. The van der Waals surface area contributed by atoms with Gasteiger partial charge in [0.25, 0.3) is 5.92 Å².